The van der Waals surface area contributed by atoms with E-state index in [0.717, 1.165) is 0 Å². The number of phenolic OH excluding ortho intramolecular Hbond substituents is 1. The van der Waals surface area contributed by atoms with Gasteiger partial charge in [0, 0.05) is 18.2 Å². The van der Waals surface area contributed by atoms with Gasteiger partial charge in [-0.25, -0.2) is 0 Å². The summed E-state index contributed by atoms with van der Waals surface area (Å²) in [5, 5.41) is 27.6. The van der Waals surface area contributed by atoms with E-state index in [-0.39, 0.29) is 6.07 Å². The minimum atomic E-state index is -4.80. The first kappa shape index (κ1) is 25.5. The predicted molar refractivity (Wildman–Crippen MR) is 92.9 cm³/mol. The molecule has 0 saturated carbocycles. The fourth-order valence-corrected chi connectivity index (χ4v) is 2.63. The largest absolute Gasteiger partial charge is 0.502 e. The SMILES string of the molecule is O=[N+]([O-])c1cc(C(F)(F)F)c(Cl)cc1Cl.O=[N+]([O-])c1cc(C(F)(F)F)c(Cl)cc1O. The van der Waals surface area contributed by atoms with E-state index in [0.29, 0.717) is 18.2 Å². The Balaban J connectivity index is 0.000000300. The van der Waals surface area contributed by atoms with Crippen molar-refractivity contribution in [1.82, 2.24) is 0 Å². The highest BCUT2D eigenvalue weighted by atomic mass is 35.5. The van der Waals surface area contributed by atoms with Crippen molar-refractivity contribution >= 4 is 46.2 Å². The van der Waals surface area contributed by atoms with Gasteiger partial charge >= 0.3 is 18.0 Å². The number of phenols is 1. The number of nitro groups is 2. The molecule has 2 aromatic rings. The third-order valence-electron chi connectivity index (χ3n) is 3.10. The fourth-order valence-electron chi connectivity index (χ4n) is 1.81. The number of nitrogens with zero attached hydrogens (tertiary/aromatic N) is 2. The third kappa shape index (κ3) is 6.24. The van der Waals surface area contributed by atoms with Gasteiger partial charge in [0.25, 0.3) is 5.69 Å². The van der Waals surface area contributed by atoms with Crippen molar-refractivity contribution < 1.29 is 41.3 Å². The number of nitro benzene ring substituents is 2. The van der Waals surface area contributed by atoms with Crippen molar-refractivity contribution in [1.29, 1.82) is 0 Å². The molecule has 0 saturated heterocycles. The summed E-state index contributed by atoms with van der Waals surface area (Å²) in [6.45, 7) is 0. The summed E-state index contributed by atoms with van der Waals surface area (Å²) >= 11 is 15.8. The monoisotopic (exact) mass is 500 g/mol. The van der Waals surface area contributed by atoms with Crippen molar-refractivity contribution in [2.75, 3.05) is 0 Å². The molecule has 0 aromatic heterocycles. The molecule has 0 aliphatic rings. The second-order valence-corrected chi connectivity index (χ2v) is 6.34. The van der Waals surface area contributed by atoms with Gasteiger partial charge in [-0.15, -0.1) is 0 Å². The maximum atomic E-state index is 12.3. The average Bonchev–Trinajstić information content (AvgIpc) is 2.52. The van der Waals surface area contributed by atoms with Crippen LogP contribution in [0.5, 0.6) is 5.75 Å². The zero-order valence-electron chi connectivity index (χ0n) is 13.7. The normalized spacial score (nSPS) is 11.5. The maximum Gasteiger partial charge on any atom is 0.418 e. The van der Waals surface area contributed by atoms with Crippen LogP contribution in [0.25, 0.3) is 0 Å². The van der Waals surface area contributed by atoms with E-state index in [9.17, 15) is 46.6 Å². The zero-order valence-corrected chi connectivity index (χ0v) is 16.0. The van der Waals surface area contributed by atoms with E-state index in [2.05, 4.69) is 0 Å². The summed E-state index contributed by atoms with van der Waals surface area (Å²) in [5.41, 5.74) is -4.49. The average molecular weight is 502 g/mol. The first-order chi connectivity index (χ1) is 13.5. The van der Waals surface area contributed by atoms with Gasteiger partial charge in [-0.1, -0.05) is 34.8 Å². The van der Waals surface area contributed by atoms with Crippen molar-refractivity contribution in [2.45, 2.75) is 12.4 Å². The van der Waals surface area contributed by atoms with Gasteiger partial charge in [-0.3, -0.25) is 20.2 Å². The Labute approximate surface area is 176 Å². The molecule has 0 radical (unpaired) electrons. The lowest BCUT2D eigenvalue weighted by atomic mass is 10.2. The molecule has 0 amide bonds. The number of halogens is 9. The Bertz CT molecular complexity index is 918. The van der Waals surface area contributed by atoms with Gasteiger partial charge in [-0.2, -0.15) is 26.3 Å². The molecule has 0 heterocycles. The number of alkyl halides is 6. The van der Waals surface area contributed by atoms with E-state index >= 15 is 0 Å². The Morgan fingerprint density at radius 1 is 0.700 bits per heavy atom. The van der Waals surface area contributed by atoms with E-state index < -0.39 is 65.5 Å². The Morgan fingerprint density at radius 2 is 1.07 bits per heavy atom. The number of rotatable bonds is 2. The molecule has 7 nitrogen and oxygen atoms in total. The molecule has 2 aromatic carbocycles. The second-order valence-electron chi connectivity index (χ2n) is 5.11. The minimum absolute atomic E-state index is 0.192. The molecule has 2 rings (SSSR count). The van der Waals surface area contributed by atoms with Crippen molar-refractivity contribution in [3.8, 4) is 5.75 Å². The highest BCUT2D eigenvalue weighted by molar-refractivity contribution is 6.36. The standard InChI is InChI=1S/C7H2Cl2F3NO2.C7H3ClF3NO3/c8-4-2-5(9)6(13(14)15)1-3(4)7(10,11)12;8-4-2-6(13)5(12(14)15)1-3(4)7(9,10)11/h1-2H;1-2,13H. The van der Waals surface area contributed by atoms with E-state index in [1.165, 1.54) is 0 Å². The number of benzene rings is 2. The van der Waals surface area contributed by atoms with Gasteiger partial charge in [-0.05, 0) is 6.07 Å². The first-order valence-electron chi connectivity index (χ1n) is 6.91. The van der Waals surface area contributed by atoms with E-state index in [1.807, 2.05) is 0 Å². The molecule has 0 fully saturated rings. The van der Waals surface area contributed by atoms with Crippen molar-refractivity contribution in [2.24, 2.45) is 0 Å². The Hall–Kier alpha value is -2.51. The highest BCUT2D eigenvalue weighted by Gasteiger charge is 2.36. The molecule has 1 N–H and O–H groups in total. The molecule has 0 aliphatic heterocycles. The van der Waals surface area contributed by atoms with Crippen LogP contribution in [0.15, 0.2) is 24.3 Å². The summed E-state index contributed by atoms with van der Waals surface area (Å²) in [7, 11) is 0. The molecule has 0 unspecified atom stereocenters. The molecule has 0 spiro atoms. The molecule has 0 aliphatic carbocycles. The minimum Gasteiger partial charge on any atom is -0.502 e. The Morgan fingerprint density at radius 3 is 1.43 bits per heavy atom. The lowest BCUT2D eigenvalue weighted by molar-refractivity contribution is -0.386. The Kier molecular flexibility index (Phi) is 7.74. The smallest absolute Gasteiger partial charge is 0.418 e. The molecular formula is C14H5Cl3F6N2O5. The van der Waals surface area contributed by atoms with Crippen LogP contribution in [0.4, 0.5) is 37.7 Å². The van der Waals surface area contributed by atoms with Crippen LogP contribution in [-0.2, 0) is 12.4 Å². The molecule has 16 heteroatoms. The molecule has 0 bridgehead atoms. The molecule has 164 valence electrons. The van der Waals surface area contributed by atoms with Gasteiger partial charge in [0.15, 0.2) is 5.75 Å². The number of hydrogen-bond donors (Lipinski definition) is 1. The van der Waals surface area contributed by atoms with Gasteiger partial charge in [0.1, 0.15) is 5.02 Å². The summed E-state index contributed by atoms with van der Waals surface area (Å²) in [5.74, 6) is -0.905. The van der Waals surface area contributed by atoms with Crippen LogP contribution in [-0.4, -0.2) is 15.0 Å². The van der Waals surface area contributed by atoms with Crippen LogP contribution in [0.3, 0.4) is 0 Å². The molecular weight excluding hydrogens is 497 g/mol. The summed E-state index contributed by atoms with van der Waals surface area (Å²) < 4.78 is 73.5. The zero-order chi connectivity index (χ0) is 23.6. The third-order valence-corrected chi connectivity index (χ3v) is 4.03. The summed E-state index contributed by atoms with van der Waals surface area (Å²) in [6, 6.07) is 1.69. The van der Waals surface area contributed by atoms with Gasteiger partial charge in [0.05, 0.1) is 31.0 Å². The topological polar surface area (TPSA) is 107 Å². The quantitative estimate of drug-likeness (QED) is 0.274. The number of aromatic hydroxyl groups is 1. The lowest BCUT2D eigenvalue weighted by Crippen LogP contribution is -2.06. The van der Waals surface area contributed by atoms with Crippen molar-refractivity contribution in [3.05, 3.63) is 70.7 Å². The fraction of sp³-hybridized carbons (Fsp3) is 0.143. The second kappa shape index (κ2) is 9.10. The molecule has 0 atom stereocenters. The van der Waals surface area contributed by atoms with Crippen LogP contribution in [0, 0.1) is 20.2 Å². The summed E-state index contributed by atoms with van der Waals surface area (Å²) in [6.07, 6.45) is -9.54. The van der Waals surface area contributed by atoms with Crippen LogP contribution >= 0.6 is 34.8 Å². The van der Waals surface area contributed by atoms with Crippen LogP contribution < -0.4 is 0 Å². The van der Waals surface area contributed by atoms with Crippen molar-refractivity contribution in [3.63, 3.8) is 0 Å². The van der Waals surface area contributed by atoms with Crippen LogP contribution in [0.1, 0.15) is 11.1 Å². The van der Waals surface area contributed by atoms with Crippen LogP contribution in [0.2, 0.25) is 15.1 Å². The maximum absolute atomic E-state index is 12.3. The highest BCUT2D eigenvalue weighted by Crippen LogP contribution is 2.41. The van der Waals surface area contributed by atoms with Gasteiger partial charge < -0.3 is 5.11 Å². The van der Waals surface area contributed by atoms with E-state index in [1.54, 1.807) is 0 Å². The first-order valence-corrected chi connectivity index (χ1v) is 8.05. The van der Waals surface area contributed by atoms with Gasteiger partial charge in [0.2, 0.25) is 0 Å². The van der Waals surface area contributed by atoms with E-state index in [4.69, 9.17) is 39.9 Å². The molecule has 30 heavy (non-hydrogen) atoms. The predicted octanol–water partition coefficient (Wildman–Crippen LogP) is 6.89. The lowest BCUT2D eigenvalue weighted by Gasteiger charge is -2.08. The summed E-state index contributed by atoms with van der Waals surface area (Å²) in [4.78, 5) is 18.4. The number of hydrogen-bond acceptors (Lipinski definition) is 5.